The molecule has 0 heterocycles. The molecule has 0 aromatic heterocycles. The molecular weight excluding hydrogens is 283 g/mol. The Balaban J connectivity index is 2.09. The number of nitrogens with two attached hydrogens (primary N) is 1. The molecule has 5 heteroatoms. The molecule has 1 atom stereocenters. The summed E-state index contributed by atoms with van der Waals surface area (Å²) in [6.07, 6.45) is -0.763. The molecule has 22 heavy (non-hydrogen) atoms. The third kappa shape index (κ3) is 3.75. The van der Waals surface area contributed by atoms with Gasteiger partial charge in [0.1, 0.15) is 11.6 Å². The van der Waals surface area contributed by atoms with Crippen molar-refractivity contribution in [3.63, 3.8) is 0 Å². The monoisotopic (exact) mass is 302 g/mol. The Morgan fingerprint density at radius 2 is 1.95 bits per heavy atom. The number of nitrogen functional groups attached to an aromatic ring is 1. The molecule has 1 amide bonds. The highest BCUT2D eigenvalue weighted by Crippen LogP contribution is 2.22. The molecule has 0 spiro atoms. The number of rotatable bonds is 4. The van der Waals surface area contributed by atoms with Gasteiger partial charge in [-0.2, -0.15) is 0 Å². The molecule has 0 aliphatic rings. The lowest BCUT2D eigenvalue weighted by molar-refractivity contribution is -0.122. The number of ether oxygens (including phenoxy) is 1. The molecule has 116 valence electrons. The largest absolute Gasteiger partial charge is 0.481 e. The highest BCUT2D eigenvalue weighted by molar-refractivity contribution is 5.94. The van der Waals surface area contributed by atoms with Crippen LogP contribution in [0.1, 0.15) is 18.1 Å². The summed E-state index contributed by atoms with van der Waals surface area (Å²) < 4.78 is 19.3. The molecular formula is C17H19FN2O2. The highest BCUT2D eigenvalue weighted by Gasteiger charge is 2.17. The topological polar surface area (TPSA) is 64.3 Å². The van der Waals surface area contributed by atoms with Gasteiger partial charge in [-0.3, -0.25) is 4.79 Å². The lowest BCUT2D eigenvalue weighted by Crippen LogP contribution is -2.30. The maximum Gasteiger partial charge on any atom is 0.265 e. The van der Waals surface area contributed by atoms with Gasteiger partial charge in [0, 0.05) is 5.69 Å². The van der Waals surface area contributed by atoms with Crippen LogP contribution in [-0.2, 0) is 4.79 Å². The quantitative estimate of drug-likeness (QED) is 0.850. The Kier molecular flexibility index (Phi) is 4.65. The lowest BCUT2D eigenvalue weighted by atomic mass is 10.1. The van der Waals surface area contributed by atoms with Crippen LogP contribution >= 0.6 is 0 Å². The van der Waals surface area contributed by atoms with E-state index in [1.54, 1.807) is 6.92 Å². The number of anilines is 2. The van der Waals surface area contributed by atoms with Crippen LogP contribution in [0.2, 0.25) is 0 Å². The molecule has 2 aromatic carbocycles. The molecule has 0 unspecified atom stereocenters. The summed E-state index contributed by atoms with van der Waals surface area (Å²) >= 11 is 0. The van der Waals surface area contributed by atoms with E-state index >= 15 is 0 Å². The maximum absolute atomic E-state index is 13.6. The number of amides is 1. The van der Waals surface area contributed by atoms with Crippen molar-refractivity contribution in [3.05, 3.63) is 53.3 Å². The number of benzene rings is 2. The summed E-state index contributed by atoms with van der Waals surface area (Å²) in [4.78, 5) is 12.1. The van der Waals surface area contributed by atoms with Crippen LogP contribution < -0.4 is 15.8 Å². The number of nitrogens with one attached hydrogen (secondary N) is 1. The molecule has 0 aliphatic carbocycles. The first-order valence-electron chi connectivity index (χ1n) is 6.96. The first-order chi connectivity index (χ1) is 10.4. The van der Waals surface area contributed by atoms with Crippen LogP contribution in [-0.4, -0.2) is 12.0 Å². The van der Waals surface area contributed by atoms with Gasteiger partial charge < -0.3 is 15.8 Å². The van der Waals surface area contributed by atoms with E-state index in [9.17, 15) is 9.18 Å². The van der Waals surface area contributed by atoms with Crippen molar-refractivity contribution in [3.8, 4) is 5.75 Å². The number of hydrogen-bond donors (Lipinski definition) is 2. The normalized spacial score (nSPS) is 11.8. The van der Waals surface area contributed by atoms with E-state index < -0.39 is 17.8 Å². The zero-order valence-corrected chi connectivity index (χ0v) is 12.8. The maximum atomic E-state index is 13.6. The molecule has 0 bridgehead atoms. The summed E-state index contributed by atoms with van der Waals surface area (Å²) in [5.41, 5.74) is 7.98. The van der Waals surface area contributed by atoms with Gasteiger partial charge in [0.15, 0.2) is 6.10 Å². The Hall–Kier alpha value is -2.56. The van der Waals surface area contributed by atoms with Crippen LogP contribution in [0, 0.1) is 19.7 Å². The van der Waals surface area contributed by atoms with E-state index in [0.29, 0.717) is 11.4 Å². The van der Waals surface area contributed by atoms with E-state index in [2.05, 4.69) is 5.32 Å². The predicted molar refractivity (Wildman–Crippen MR) is 85.4 cm³/mol. The average Bonchev–Trinajstić information content (AvgIpc) is 2.46. The fraction of sp³-hybridized carbons (Fsp3) is 0.235. The smallest absolute Gasteiger partial charge is 0.265 e. The van der Waals surface area contributed by atoms with Crippen LogP contribution in [0.3, 0.4) is 0 Å². The van der Waals surface area contributed by atoms with Gasteiger partial charge in [0.05, 0.1) is 5.69 Å². The summed E-state index contributed by atoms with van der Waals surface area (Å²) in [6.45, 7) is 5.46. The molecule has 4 nitrogen and oxygen atoms in total. The van der Waals surface area contributed by atoms with Crippen molar-refractivity contribution in [2.24, 2.45) is 0 Å². The number of aryl methyl sites for hydroxylation is 2. The Morgan fingerprint density at radius 1 is 1.23 bits per heavy atom. The summed E-state index contributed by atoms with van der Waals surface area (Å²) in [7, 11) is 0. The summed E-state index contributed by atoms with van der Waals surface area (Å²) in [5.74, 6) is -0.345. The number of halogens is 1. The van der Waals surface area contributed by atoms with Crippen LogP contribution in [0.15, 0.2) is 36.4 Å². The van der Waals surface area contributed by atoms with Gasteiger partial charge >= 0.3 is 0 Å². The van der Waals surface area contributed by atoms with Gasteiger partial charge in [-0.15, -0.1) is 0 Å². The zero-order chi connectivity index (χ0) is 16.3. The Morgan fingerprint density at radius 3 is 2.68 bits per heavy atom. The van der Waals surface area contributed by atoms with Crippen molar-refractivity contribution in [1.82, 2.24) is 0 Å². The average molecular weight is 302 g/mol. The first-order valence-corrected chi connectivity index (χ1v) is 6.96. The van der Waals surface area contributed by atoms with Crippen molar-refractivity contribution in [2.75, 3.05) is 11.1 Å². The summed E-state index contributed by atoms with van der Waals surface area (Å²) in [6, 6.07) is 9.77. The fourth-order valence-corrected chi connectivity index (χ4v) is 1.95. The van der Waals surface area contributed by atoms with E-state index in [1.807, 2.05) is 32.0 Å². The van der Waals surface area contributed by atoms with Gasteiger partial charge in [0.2, 0.25) is 0 Å². The van der Waals surface area contributed by atoms with Crippen molar-refractivity contribution in [1.29, 1.82) is 0 Å². The lowest BCUT2D eigenvalue weighted by Gasteiger charge is -2.17. The van der Waals surface area contributed by atoms with E-state index in [4.69, 9.17) is 10.5 Å². The fourth-order valence-electron chi connectivity index (χ4n) is 1.95. The van der Waals surface area contributed by atoms with Crippen molar-refractivity contribution >= 4 is 17.3 Å². The van der Waals surface area contributed by atoms with Gasteiger partial charge in [-0.05, 0) is 56.2 Å². The first kappa shape index (κ1) is 15.8. The molecule has 2 rings (SSSR count). The minimum Gasteiger partial charge on any atom is -0.481 e. The molecule has 0 aliphatic heterocycles. The second-order valence-electron chi connectivity index (χ2n) is 5.26. The van der Waals surface area contributed by atoms with Crippen LogP contribution in [0.4, 0.5) is 15.8 Å². The van der Waals surface area contributed by atoms with E-state index in [1.165, 1.54) is 18.2 Å². The van der Waals surface area contributed by atoms with Crippen LogP contribution in [0.25, 0.3) is 0 Å². The number of carbonyl (C=O) groups is 1. The molecule has 0 saturated carbocycles. The molecule has 0 radical (unpaired) electrons. The van der Waals surface area contributed by atoms with Crippen molar-refractivity contribution in [2.45, 2.75) is 26.9 Å². The van der Waals surface area contributed by atoms with E-state index in [-0.39, 0.29) is 5.69 Å². The minimum atomic E-state index is -0.763. The second-order valence-corrected chi connectivity index (χ2v) is 5.26. The van der Waals surface area contributed by atoms with E-state index in [0.717, 1.165) is 11.1 Å². The molecule has 3 N–H and O–H groups in total. The SMILES string of the molecule is Cc1ccc(C)c(O[C@@H](C)C(=O)Nc2cc(N)ccc2F)c1. The van der Waals surface area contributed by atoms with Gasteiger partial charge in [0.25, 0.3) is 5.91 Å². The summed E-state index contributed by atoms with van der Waals surface area (Å²) in [5, 5.41) is 2.49. The molecule has 0 saturated heterocycles. The Bertz CT molecular complexity index is 701. The molecule has 0 fully saturated rings. The molecule has 2 aromatic rings. The van der Waals surface area contributed by atoms with Crippen molar-refractivity contribution < 1.29 is 13.9 Å². The third-order valence-corrected chi connectivity index (χ3v) is 3.26. The standard InChI is InChI=1S/C17H19FN2O2/c1-10-4-5-11(2)16(8-10)22-12(3)17(21)20-15-9-13(19)6-7-14(15)18/h4-9,12H,19H2,1-3H3,(H,20,21)/t12-/m0/s1. The van der Waals surface area contributed by atoms with Crippen LogP contribution in [0.5, 0.6) is 5.75 Å². The van der Waals surface area contributed by atoms with Gasteiger partial charge in [-0.25, -0.2) is 4.39 Å². The third-order valence-electron chi connectivity index (χ3n) is 3.26. The zero-order valence-electron chi connectivity index (χ0n) is 12.8. The predicted octanol–water partition coefficient (Wildman–Crippen LogP) is 3.43. The number of hydrogen-bond acceptors (Lipinski definition) is 3. The Labute approximate surface area is 129 Å². The number of carbonyl (C=O) groups excluding carboxylic acids is 1. The van der Waals surface area contributed by atoms with Gasteiger partial charge in [-0.1, -0.05) is 12.1 Å². The highest BCUT2D eigenvalue weighted by atomic mass is 19.1. The minimum absolute atomic E-state index is 0.0430. The second kappa shape index (κ2) is 6.47.